The number of nitrogens with one attached hydrogen (secondary N) is 1. The second-order valence-electron chi connectivity index (χ2n) is 15.6. The summed E-state index contributed by atoms with van der Waals surface area (Å²) in [6.07, 6.45) is -0.106. The molecule has 0 spiro atoms. The van der Waals surface area contributed by atoms with Crippen LogP contribution in [0.25, 0.3) is 21.8 Å². The number of aliphatic hydroxyl groups excluding tert-OH is 4. The van der Waals surface area contributed by atoms with Gasteiger partial charge in [0.25, 0.3) is 20.0 Å². The highest BCUT2D eigenvalue weighted by Crippen LogP contribution is 2.33. The van der Waals surface area contributed by atoms with Crippen LogP contribution in [0.4, 0.5) is 4.79 Å². The summed E-state index contributed by atoms with van der Waals surface area (Å²) in [5.41, 5.74) is 2.62. The largest absolute Gasteiger partial charge is 0.444 e. The Morgan fingerprint density at radius 2 is 1.16 bits per heavy atom. The van der Waals surface area contributed by atoms with E-state index in [4.69, 9.17) is 9.84 Å². The van der Waals surface area contributed by atoms with Gasteiger partial charge in [0.1, 0.15) is 17.7 Å². The fourth-order valence-electron chi connectivity index (χ4n) is 6.75. The molecule has 332 valence electrons. The highest BCUT2D eigenvalue weighted by atomic mass is 32.2. The van der Waals surface area contributed by atoms with E-state index in [0.717, 1.165) is 19.1 Å². The van der Waals surface area contributed by atoms with Crippen LogP contribution < -0.4 is 5.32 Å². The molecule has 2 heterocycles. The van der Waals surface area contributed by atoms with E-state index in [-0.39, 0.29) is 64.8 Å². The maximum atomic E-state index is 13.3. The van der Waals surface area contributed by atoms with Gasteiger partial charge in [-0.1, -0.05) is 47.5 Å². The average molecular weight is 899 g/mol. The highest BCUT2D eigenvalue weighted by molar-refractivity contribution is 7.90. The molecule has 16 nitrogen and oxygen atoms in total. The van der Waals surface area contributed by atoms with Gasteiger partial charge in [0, 0.05) is 42.8 Å². The normalized spacial score (nSPS) is 12.8. The molecule has 0 bridgehead atoms. The number of hydrogen-bond donors (Lipinski definition) is 5. The molecule has 4 aromatic carbocycles. The van der Waals surface area contributed by atoms with Crippen LogP contribution in [0.5, 0.6) is 0 Å². The number of aryl methyl sites for hydroxylation is 2. The maximum absolute atomic E-state index is 13.3. The van der Waals surface area contributed by atoms with Crippen molar-refractivity contribution in [3.05, 3.63) is 131 Å². The third-order valence-electron chi connectivity index (χ3n) is 9.85. The van der Waals surface area contributed by atoms with Crippen LogP contribution in [0, 0.1) is 36.5 Å². The van der Waals surface area contributed by atoms with Gasteiger partial charge < -0.3 is 35.4 Å². The molecule has 0 aliphatic carbocycles. The van der Waals surface area contributed by atoms with Gasteiger partial charge in [0.05, 0.1) is 63.9 Å². The fraction of sp³-hybridized carbons (Fsp3) is 0.311. The molecule has 0 fully saturated rings. The van der Waals surface area contributed by atoms with Crippen LogP contribution in [-0.2, 0) is 24.8 Å². The lowest BCUT2D eigenvalue weighted by molar-refractivity contribution is 0.0110. The number of rotatable bonds is 14. The number of nitriles is 2. The Kier molecular flexibility index (Phi) is 15.2. The zero-order valence-electron chi connectivity index (χ0n) is 35.4. The van der Waals surface area contributed by atoms with Crippen molar-refractivity contribution in [3.8, 4) is 12.1 Å². The van der Waals surface area contributed by atoms with Crippen molar-refractivity contribution in [2.75, 3.05) is 39.4 Å². The van der Waals surface area contributed by atoms with Crippen LogP contribution in [-0.4, -0.2) is 101 Å². The molecule has 18 heteroatoms. The van der Waals surface area contributed by atoms with Crippen molar-refractivity contribution in [2.24, 2.45) is 0 Å². The van der Waals surface area contributed by atoms with Gasteiger partial charge in [-0.25, -0.2) is 29.6 Å². The number of benzene rings is 4. The molecular formula is C45H50N6O10S2. The molecule has 0 saturated carbocycles. The average Bonchev–Trinajstić information content (AvgIpc) is 3.90. The van der Waals surface area contributed by atoms with E-state index >= 15 is 0 Å². The number of fused-ring (bicyclic) bond motifs is 2. The van der Waals surface area contributed by atoms with E-state index in [9.17, 15) is 47.5 Å². The maximum Gasteiger partial charge on any atom is 0.410 e. The first-order valence-corrected chi connectivity index (χ1v) is 22.7. The molecule has 1 amide bonds. The number of aliphatic hydroxyl groups is 4. The molecule has 2 atom stereocenters. The number of nitrogens with zero attached hydrogens (tertiary/aromatic N) is 5. The summed E-state index contributed by atoms with van der Waals surface area (Å²) in [6.45, 7) is 8.71. The van der Waals surface area contributed by atoms with Crippen molar-refractivity contribution < 1.29 is 46.8 Å². The monoisotopic (exact) mass is 898 g/mol. The lowest BCUT2D eigenvalue weighted by Gasteiger charge is -2.28. The number of aromatic nitrogens is 2. The predicted octanol–water partition coefficient (Wildman–Crippen LogP) is 4.99. The van der Waals surface area contributed by atoms with Crippen molar-refractivity contribution in [1.82, 2.24) is 18.2 Å². The Morgan fingerprint density at radius 3 is 1.56 bits per heavy atom. The summed E-state index contributed by atoms with van der Waals surface area (Å²) in [5, 5.41) is 62.7. The third kappa shape index (κ3) is 10.8. The Balaban J connectivity index is 0.000000243. The van der Waals surface area contributed by atoms with Gasteiger partial charge in [-0.05, 0) is 94.3 Å². The Bertz CT molecular complexity index is 2890. The standard InChI is InChI=1S/C25H29N3O6S.C20H21N3O4S/c1-17-5-8-19(9-6-17)35(32,33)28-12-11-21-20(10-7-18(15-26)23(21)28)22(30)16-27(13-14-29)24(31)34-25(2,3)4;1-14-2-5-16(6-3-14)28(26,27)23-10-8-18-17(19(25)13-22-9-11-24)7-4-15(12-21)20(18)23/h5-12,22,29-30H,13-14,16H2,1-4H3;2-8,10,19,22,24-25H,9,11,13H2,1H3. The van der Waals surface area contributed by atoms with Crippen molar-refractivity contribution in [2.45, 2.75) is 62.2 Å². The lowest BCUT2D eigenvalue weighted by Crippen LogP contribution is -2.40. The van der Waals surface area contributed by atoms with E-state index in [1.165, 1.54) is 65.8 Å². The van der Waals surface area contributed by atoms with Crippen molar-refractivity contribution in [1.29, 1.82) is 10.5 Å². The smallest absolute Gasteiger partial charge is 0.410 e. The number of amides is 1. The minimum absolute atomic E-state index is 0.0549. The van der Waals surface area contributed by atoms with Crippen LogP contribution >= 0.6 is 0 Å². The highest BCUT2D eigenvalue weighted by Gasteiger charge is 2.28. The Labute approximate surface area is 366 Å². The first-order valence-electron chi connectivity index (χ1n) is 19.8. The molecule has 6 rings (SSSR count). The summed E-state index contributed by atoms with van der Waals surface area (Å²) < 4.78 is 60.4. The van der Waals surface area contributed by atoms with E-state index in [1.807, 2.05) is 26.0 Å². The number of hydrogen-bond acceptors (Lipinski definition) is 13. The number of carbonyl (C=O) groups is 1. The predicted molar refractivity (Wildman–Crippen MR) is 236 cm³/mol. The summed E-state index contributed by atoms with van der Waals surface area (Å²) in [6, 6.07) is 26.1. The van der Waals surface area contributed by atoms with Gasteiger partial charge >= 0.3 is 6.09 Å². The molecule has 0 radical (unpaired) electrons. The Hall–Kier alpha value is -6.09. The van der Waals surface area contributed by atoms with Crippen molar-refractivity contribution >= 4 is 47.9 Å². The second-order valence-corrected chi connectivity index (χ2v) is 19.3. The van der Waals surface area contributed by atoms with Crippen LogP contribution in [0.3, 0.4) is 0 Å². The van der Waals surface area contributed by atoms with Gasteiger partial charge in [0.15, 0.2) is 0 Å². The molecule has 0 aliphatic rings. The molecule has 2 unspecified atom stereocenters. The molecule has 5 N–H and O–H groups in total. The summed E-state index contributed by atoms with van der Waals surface area (Å²) in [5.74, 6) is 0. The molecule has 6 aromatic rings. The summed E-state index contributed by atoms with van der Waals surface area (Å²) in [7, 11) is -7.91. The minimum atomic E-state index is -4.01. The van der Waals surface area contributed by atoms with Gasteiger partial charge in [-0.15, -0.1) is 0 Å². The van der Waals surface area contributed by atoms with E-state index in [2.05, 4.69) is 5.32 Å². The number of ether oxygens (including phenoxy) is 1. The quantitative estimate of drug-likeness (QED) is 0.0905. The van der Waals surface area contributed by atoms with E-state index in [1.54, 1.807) is 57.2 Å². The molecule has 0 saturated heterocycles. The molecular weight excluding hydrogens is 849 g/mol. The Morgan fingerprint density at radius 1 is 0.714 bits per heavy atom. The molecule has 0 aliphatic heterocycles. The third-order valence-corrected chi connectivity index (χ3v) is 13.2. The van der Waals surface area contributed by atoms with E-state index in [0.29, 0.717) is 28.4 Å². The summed E-state index contributed by atoms with van der Waals surface area (Å²) >= 11 is 0. The van der Waals surface area contributed by atoms with E-state index < -0.39 is 43.9 Å². The van der Waals surface area contributed by atoms with Gasteiger partial charge in [-0.3, -0.25) is 0 Å². The van der Waals surface area contributed by atoms with Crippen LogP contribution in [0.1, 0.15) is 66.4 Å². The number of carbonyl (C=O) groups excluding carboxylic acids is 1. The van der Waals surface area contributed by atoms with Gasteiger partial charge in [-0.2, -0.15) is 10.5 Å². The minimum Gasteiger partial charge on any atom is -0.444 e. The fourth-order valence-corrected chi connectivity index (χ4v) is 9.49. The topological polar surface area (TPSA) is 248 Å². The zero-order chi connectivity index (χ0) is 46.3. The lowest BCUT2D eigenvalue weighted by atomic mass is 10.0. The SMILES string of the molecule is Cc1ccc(S(=O)(=O)n2ccc3c(C(O)CN(CCO)C(=O)OC(C)(C)C)ccc(C#N)c32)cc1.Cc1ccc(S(=O)(=O)n2ccc3c(C(O)CNCCO)ccc(C#N)c32)cc1. The first kappa shape index (κ1) is 48.0. The summed E-state index contributed by atoms with van der Waals surface area (Å²) in [4.78, 5) is 13.9. The van der Waals surface area contributed by atoms with Crippen molar-refractivity contribution in [3.63, 3.8) is 0 Å². The van der Waals surface area contributed by atoms with Gasteiger partial charge in [0.2, 0.25) is 0 Å². The zero-order valence-corrected chi connectivity index (χ0v) is 37.1. The molecule has 2 aromatic heterocycles. The van der Waals surface area contributed by atoms with Crippen LogP contribution in [0.2, 0.25) is 0 Å². The first-order chi connectivity index (χ1) is 29.8. The van der Waals surface area contributed by atoms with Crippen LogP contribution in [0.15, 0.2) is 107 Å². The second kappa shape index (κ2) is 20.0. The molecule has 63 heavy (non-hydrogen) atoms.